The van der Waals surface area contributed by atoms with Gasteiger partial charge in [-0.3, -0.25) is 14.5 Å². The quantitative estimate of drug-likeness (QED) is 0.705. The Kier molecular flexibility index (Phi) is 4.59. The first-order chi connectivity index (χ1) is 13.0. The summed E-state index contributed by atoms with van der Waals surface area (Å²) in [6, 6.07) is 6.02. The lowest BCUT2D eigenvalue weighted by Gasteiger charge is -2.23. The molecule has 0 bridgehead atoms. The van der Waals surface area contributed by atoms with Crippen molar-refractivity contribution >= 4 is 28.7 Å². The van der Waals surface area contributed by atoms with Gasteiger partial charge in [-0.15, -0.1) is 0 Å². The summed E-state index contributed by atoms with van der Waals surface area (Å²) < 4.78 is 0. The van der Waals surface area contributed by atoms with Crippen LogP contribution in [0.15, 0.2) is 30.5 Å². The number of rotatable bonds is 5. The molecule has 27 heavy (non-hydrogen) atoms. The van der Waals surface area contributed by atoms with E-state index in [-0.39, 0.29) is 17.9 Å². The number of imide groups is 1. The number of aromatic nitrogens is 1. The number of nitrogens with zero attached hydrogens (tertiary/aromatic N) is 1. The molecule has 1 aromatic carbocycles. The lowest BCUT2D eigenvalue weighted by Crippen LogP contribution is -2.50. The van der Waals surface area contributed by atoms with Crippen molar-refractivity contribution < 1.29 is 14.4 Å². The van der Waals surface area contributed by atoms with Gasteiger partial charge in [0.25, 0.3) is 5.91 Å². The van der Waals surface area contributed by atoms with Crippen LogP contribution in [0.5, 0.6) is 0 Å². The first-order valence-electron chi connectivity index (χ1n) is 9.53. The molecule has 1 aliphatic heterocycles. The van der Waals surface area contributed by atoms with E-state index in [2.05, 4.69) is 15.6 Å². The fourth-order valence-corrected chi connectivity index (χ4v) is 4.08. The van der Waals surface area contributed by atoms with Crippen molar-refractivity contribution in [2.24, 2.45) is 0 Å². The van der Waals surface area contributed by atoms with Crippen LogP contribution in [0.2, 0.25) is 0 Å². The van der Waals surface area contributed by atoms with Gasteiger partial charge in [0.1, 0.15) is 12.1 Å². The highest BCUT2D eigenvalue weighted by Crippen LogP contribution is 2.22. The van der Waals surface area contributed by atoms with E-state index in [1.54, 1.807) is 6.92 Å². The number of amides is 4. The van der Waals surface area contributed by atoms with Crippen LogP contribution >= 0.6 is 0 Å². The third kappa shape index (κ3) is 3.29. The summed E-state index contributed by atoms with van der Waals surface area (Å²) in [5.74, 6) is -0.613. The summed E-state index contributed by atoms with van der Waals surface area (Å²) in [7, 11) is 0. The molecule has 4 amide bonds. The maximum atomic E-state index is 12.8. The average Bonchev–Trinajstić information content (AvgIpc) is 3.36. The number of para-hydroxylation sites is 1. The average molecular weight is 368 g/mol. The Balaban J connectivity index is 1.45. The van der Waals surface area contributed by atoms with Crippen LogP contribution in [0.4, 0.5) is 4.79 Å². The third-order valence-electron chi connectivity index (χ3n) is 5.62. The van der Waals surface area contributed by atoms with E-state index in [1.807, 2.05) is 30.5 Å². The molecule has 0 radical (unpaired) electrons. The van der Waals surface area contributed by atoms with Gasteiger partial charge in [-0.05, 0) is 31.4 Å². The van der Waals surface area contributed by atoms with Crippen molar-refractivity contribution in [1.29, 1.82) is 0 Å². The maximum Gasteiger partial charge on any atom is 0.325 e. The molecule has 7 heteroatoms. The number of urea groups is 1. The summed E-state index contributed by atoms with van der Waals surface area (Å²) >= 11 is 0. The molecule has 2 atom stereocenters. The standard InChI is InChI=1S/C20H24N4O3/c1-12(18(25)22-14-6-2-3-7-14)24-19(26)17(23-20(24)27)10-13-11-21-16-9-5-4-8-15(13)16/h4-5,8-9,11-12,14,17,21H,2-3,6-7,10H2,1H3,(H,22,25)(H,23,27). The molecule has 2 heterocycles. The van der Waals surface area contributed by atoms with Crippen LogP contribution in [-0.2, 0) is 16.0 Å². The second kappa shape index (κ2) is 7.06. The highest BCUT2D eigenvalue weighted by atomic mass is 16.2. The minimum atomic E-state index is -0.814. The molecule has 2 aliphatic rings. The number of aromatic amines is 1. The van der Waals surface area contributed by atoms with Crippen LogP contribution in [0.25, 0.3) is 10.9 Å². The predicted octanol–water partition coefficient (Wildman–Crippen LogP) is 2.08. The molecule has 3 N–H and O–H groups in total. The van der Waals surface area contributed by atoms with E-state index in [1.165, 1.54) is 0 Å². The number of hydrogen-bond donors (Lipinski definition) is 3. The number of benzene rings is 1. The van der Waals surface area contributed by atoms with Gasteiger partial charge in [0.05, 0.1) is 0 Å². The molecule has 0 spiro atoms. The van der Waals surface area contributed by atoms with E-state index in [0.717, 1.165) is 47.0 Å². The highest BCUT2D eigenvalue weighted by Gasteiger charge is 2.43. The largest absolute Gasteiger partial charge is 0.361 e. The molecule has 1 saturated carbocycles. The van der Waals surface area contributed by atoms with Crippen LogP contribution in [0.3, 0.4) is 0 Å². The molecular weight excluding hydrogens is 344 g/mol. The Hall–Kier alpha value is -2.83. The van der Waals surface area contributed by atoms with Crippen molar-refractivity contribution in [1.82, 2.24) is 20.5 Å². The molecule has 2 aromatic rings. The molecular formula is C20H24N4O3. The predicted molar refractivity (Wildman–Crippen MR) is 101 cm³/mol. The van der Waals surface area contributed by atoms with Crippen molar-refractivity contribution in [3.05, 3.63) is 36.0 Å². The van der Waals surface area contributed by atoms with E-state index < -0.39 is 18.1 Å². The van der Waals surface area contributed by atoms with E-state index >= 15 is 0 Å². The van der Waals surface area contributed by atoms with Crippen molar-refractivity contribution in [2.75, 3.05) is 0 Å². The Morgan fingerprint density at radius 3 is 2.78 bits per heavy atom. The number of H-pyrrole nitrogens is 1. The zero-order chi connectivity index (χ0) is 19.0. The molecule has 2 unspecified atom stereocenters. The fraction of sp³-hybridized carbons (Fsp3) is 0.450. The van der Waals surface area contributed by atoms with Crippen molar-refractivity contribution in [3.63, 3.8) is 0 Å². The third-order valence-corrected chi connectivity index (χ3v) is 5.62. The first-order valence-corrected chi connectivity index (χ1v) is 9.53. The summed E-state index contributed by atoms with van der Waals surface area (Å²) in [4.78, 5) is 41.9. The zero-order valence-corrected chi connectivity index (χ0v) is 15.3. The summed E-state index contributed by atoms with van der Waals surface area (Å²) in [5.41, 5.74) is 1.96. The second-order valence-corrected chi connectivity index (χ2v) is 7.44. The van der Waals surface area contributed by atoms with Crippen molar-refractivity contribution in [3.8, 4) is 0 Å². The lowest BCUT2D eigenvalue weighted by molar-refractivity contribution is -0.135. The van der Waals surface area contributed by atoms with E-state index in [9.17, 15) is 14.4 Å². The Bertz CT molecular complexity index is 884. The highest BCUT2D eigenvalue weighted by molar-refractivity contribution is 6.07. The van der Waals surface area contributed by atoms with Gasteiger partial charge in [-0.1, -0.05) is 31.0 Å². The Morgan fingerprint density at radius 2 is 2.00 bits per heavy atom. The SMILES string of the molecule is CC(C(=O)NC1CCCC1)N1C(=O)NC(Cc2c[nH]c3ccccc23)C1=O. The molecule has 142 valence electrons. The molecule has 1 saturated heterocycles. The maximum absolute atomic E-state index is 12.8. The van der Waals surface area contributed by atoms with Gasteiger partial charge in [0.2, 0.25) is 5.91 Å². The zero-order valence-electron chi connectivity index (χ0n) is 15.3. The molecule has 2 fully saturated rings. The van der Waals surface area contributed by atoms with Gasteiger partial charge >= 0.3 is 6.03 Å². The number of carbonyl (C=O) groups excluding carboxylic acids is 3. The van der Waals surface area contributed by atoms with Crippen LogP contribution in [0, 0.1) is 0 Å². The number of fused-ring (bicyclic) bond motifs is 1. The molecule has 4 rings (SSSR count). The van der Waals surface area contributed by atoms with Crippen LogP contribution in [-0.4, -0.2) is 45.9 Å². The van der Waals surface area contributed by atoms with Crippen LogP contribution in [0.1, 0.15) is 38.2 Å². The van der Waals surface area contributed by atoms with Gasteiger partial charge in [0, 0.05) is 29.6 Å². The summed E-state index contributed by atoms with van der Waals surface area (Å²) in [5, 5.41) is 6.73. The minimum Gasteiger partial charge on any atom is -0.361 e. The van der Waals surface area contributed by atoms with E-state index in [0.29, 0.717) is 6.42 Å². The minimum absolute atomic E-state index is 0.155. The van der Waals surface area contributed by atoms with Gasteiger partial charge in [-0.2, -0.15) is 0 Å². The second-order valence-electron chi connectivity index (χ2n) is 7.44. The number of nitrogens with one attached hydrogen (secondary N) is 3. The van der Waals surface area contributed by atoms with E-state index in [4.69, 9.17) is 0 Å². The Labute approximate surface area is 157 Å². The number of carbonyl (C=O) groups is 3. The smallest absolute Gasteiger partial charge is 0.325 e. The number of hydrogen-bond acceptors (Lipinski definition) is 3. The Morgan fingerprint density at radius 1 is 1.26 bits per heavy atom. The molecule has 1 aliphatic carbocycles. The molecule has 1 aromatic heterocycles. The van der Waals surface area contributed by atoms with Gasteiger partial charge in [0.15, 0.2) is 0 Å². The van der Waals surface area contributed by atoms with Crippen molar-refractivity contribution in [2.45, 2.75) is 57.2 Å². The first kappa shape index (κ1) is 17.6. The summed E-state index contributed by atoms with van der Waals surface area (Å²) in [6.45, 7) is 1.61. The normalized spacial score (nSPS) is 21.7. The van der Waals surface area contributed by atoms with Gasteiger partial charge in [-0.25, -0.2) is 4.79 Å². The fourth-order valence-electron chi connectivity index (χ4n) is 4.08. The topological polar surface area (TPSA) is 94.3 Å². The summed E-state index contributed by atoms with van der Waals surface area (Å²) in [6.07, 6.45) is 6.39. The lowest BCUT2D eigenvalue weighted by atomic mass is 10.0. The monoisotopic (exact) mass is 368 g/mol. The van der Waals surface area contributed by atoms with Gasteiger partial charge < -0.3 is 15.6 Å². The molecule has 7 nitrogen and oxygen atoms in total. The van der Waals surface area contributed by atoms with Crippen LogP contribution < -0.4 is 10.6 Å².